The summed E-state index contributed by atoms with van der Waals surface area (Å²) in [6.07, 6.45) is 0. The first kappa shape index (κ1) is 13.2. The lowest BCUT2D eigenvalue weighted by molar-refractivity contribution is 0.0692. The lowest BCUT2D eigenvalue weighted by Crippen LogP contribution is -2.28. The molecule has 0 aromatic heterocycles. The second-order valence-corrected chi connectivity index (χ2v) is 3.43. The molecule has 0 saturated carbocycles. The molecular formula is C10H13FN2O4. The summed E-state index contributed by atoms with van der Waals surface area (Å²) in [5.74, 6) is -2.36. The maximum Gasteiger partial charge on any atom is 0.338 e. The number of benzene rings is 1. The Labute approximate surface area is 96.5 Å². The van der Waals surface area contributed by atoms with Crippen LogP contribution in [0, 0.1) is 5.82 Å². The first-order chi connectivity index (χ1) is 7.99. The zero-order valence-corrected chi connectivity index (χ0v) is 8.85. The summed E-state index contributed by atoms with van der Waals surface area (Å²) in [5, 5.41) is 28.9. The van der Waals surface area contributed by atoms with Crippen LogP contribution in [0.5, 0.6) is 0 Å². The van der Waals surface area contributed by atoms with Crippen LogP contribution in [-0.4, -0.2) is 40.5 Å². The molecule has 0 amide bonds. The van der Waals surface area contributed by atoms with Crippen molar-refractivity contribution in [1.29, 1.82) is 0 Å². The summed E-state index contributed by atoms with van der Waals surface area (Å²) in [5.41, 5.74) is 5.15. The number of anilines is 2. The third-order valence-corrected chi connectivity index (χ3v) is 2.17. The van der Waals surface area contributed by atoms with E-state index in [1.807, 2.05) is 0 Å². The maximum atomic E-state index is 13.3. The summed E-state index contributed by atoms with van der Waals surface area (Å²) in [6, 6.07) is 1.20. The molecule has 0 aliphatic heterocycles. The van der Waals surface area contributed by atoms with Gasteiger partial charge in [-0.05, 0) is 12.1 Å². The Kier molecular flexibility index (Phi) is 4.24. The molecule has 0 aliphatic carbocycles. The quantitative estimate of drug-likeness (QED) is 0.461. The van der Waals surface area contributed by atoms with Gasteiger partial charge in [-0.25, -0.2) is 9.18 Å². The van der Waals surface area contributed by atoms with Gasteiger partial charge in [0.1, 0.15) is 5.82 Å². The van der Waals surface area contributed by atoms with E-state index in [0.29, 0.717) is 0 Å². The van der Waals surface area contributed by atoms with Gasteiger partial charge in [0.15, 0.2) is 0 Å². The molecular weight excluding hydrogens is 231 g/mol. The van der Waals surface area contributed by atoms with Crippen molar-refractivity contribution in [3.8, 4) is 0 Å². The third kappa shape index (κ3) is 3.05. The van der Waals surface area contributed by atoms with Crippen LogP contribution in [0.15, 0.2) is 12.1 Å². The monoisotopic (exact) mass is 244 g/mol. The highest BCUT2D eigenvalue weighted by Crippen LogP contribution is 2.23. The van der Waals surface area contributed by atoms with Crippen LogP contribution < -0.4 is 11.1 Å². The predicted molar refractivity (Wildman–Crippen MR) is 59.4 cm³/mol. The summed E-state index contributed by atoms with van der Waals surface area (Å²) >= 11 is 0. The van der Waals surface area contributed by atoms with Gasteiger partial charge in [-0.3, -0.25) is 0 Å². The van der Waals surface area contributed by atoms with Crippen molar-refractivity contribution >= 4 is 17.3 Å². The Hall–Kier alpha value is -1.86. The number of carboxylic acids is 1. The van der Waals surface area contributed by atoms with Crippen molar-refractivity contribution in [2.75, 3.05) is 24.3 Å². The second-order valence-electron chi connectivity index (χ2n) is 3.43. The van der Waals surface area contributed by atoms with E-state index in [4.69, 9.17) is 21.1 Å². The molecule has 0 radical (unpaired) electrons. The minimum absolute atomic E-state index is 0.0238. The topological polar surface area (TPSA) is 116 Å². The number of rotatable bonds is 5. The van der Waals surface area contributed by atoms with Crippen LogP contribution in [0.3, 0.4) is 0 Å². The van der Waals surface area contributed by atoms with E-state index in [1.54, 1.807) is 0 Å². The number of nitrogens with one attached hydrogen (secondary N) is 1. The smallest absolute Gasteiger partial charge is 0.338 e. The van der Waals surface area contributed by atoms with E-state index < -0.39 is 23.4 Å². The summed E-state index contributed by atoms with van der Waals surface area (Å²) < 4.78 is 13.3. The van der Waals surface area contributed by atoms with Gasteiger partial charge in [-0.15, -0.1) is 0 Å². The Bertz CT molecular complexity index is 421. The van der Waals surface area contributed by atoms with Crippen LogP contribution in [-0.2, 0) is 0 Å². The van der Waals surface area contributed by atoms with Crippen molar-refractivity contribution in [1.82, 2.24) is 0 Å². The number of hydrogen-bond acceptors (Lipinski definition) is 5. The SMILES string of the molecule is Nc1cc(C(=O)O)c(F)cc1NC(CO)CO. The molecule has 94 valence electrons. The molecule has 6 nitrogen and oxygen atoms in total. The zero-order valence-electron chi connectivity index (χ0n) is 8.85. The van der Waals surface area contributed by atoms with E-state index in [0.717, 1.165) is 12.1 Å². The number of halogens is 1. The highest BCUT2D eigenvalue weighted by atomic mass is 19.1. The number of aliphatic hydroxyl groups is 2. The van der Waals surface area contributed by atoms with E-state index in [1.165, 1.54) is 0 Å². The molecule has 0 aliphatic rings. The average molecular weight is 244 g/mol. The van der Waals surface area contributed by atoms with Gasteiger partial charge in [-0.2, -0.15) is 0 Å². The van der Waals surface area contributed by atoms with Crippen molar-refractivity contribution in [2.45, 2.75) is 6.04 Å². The Morgan fingerprint density at radius 2 is 2.00 bits per heavy atom. The van der Waals surface area contributed by atoms with Gasteiger partial charge in [0.05, 0.1) is 36.2 Å². The van der Waals surface area contributed by atoms with Crippen molar-refractivity contribution < 1.29 is 24.5 Å². The maximum absolute atomic E-state index is 13.3. The number of hydrogen-bond donors (Lipinski definition) is 5. The Morgan fingerprint density at radius 3 is 2.47 bits per heavy atom. The fraction of sp³-hybridized carbons (Fsp3) is 0.300. The lowest BCUT2D eigenvalue weighted by Gasteiger charge is -2.17. The molecule has 0 spiro atoms. The molecule has 0 heterocycles. The highest BCUT2D eigenvalue weighted by Gasteiger charge is 2.15. The van der Waals surface area contributed by atoms with E-state index >= 15 is 0 Å². The molecule has 0 saturated heterocycles. The number of carbonyl (C=O) groups is 1. The van der Waals surface area contributed by atoms with Gasteiger partial charge in [-0.1, -0.05) is 0 Å². The standard InChI is InChI=1S/C10H13FN2O4/c11-7-2-9(13-5(3-14)4-15)8(12)1-6(7)10(16)17/h1-2,5,13-15H,3-4,12H2,(H,16,17). The number of carboxylic acid groups (broad SMARTS) is 1. The van der Waals surface area contributed by atoms with Crippen LogP contribution in [0.25, 0.3) is 0 Å². The Balaban J connectivity index is 3.03. The summed E-state index contributed by atoms with van der Waals surface area (Å²) in [7, 11) is 0. The van der Waals surface area contributed by atoms with E-state index in [2.05, 4.69) is 5.32 Å². The normalized spacial score (nSPS) is 10.6. The molecule has 17 heavy (non-hydrogen) atoms. The minimum Gasteiger partial charge on any atom is -0.478 e. The van der Waals surface area contributed by atoms with Gasteiger partial charge in [0.2, 0.25) is 0 Å². The van der Waals surface area contributed by atoms with Crippen LogP contribution >= 0.6 is 0 Å². The molecule has 1 aromatic carbocycles. The minimum atomic E-state index is -1.42. The lowest BCUT2D eigenvalue weighted by atomic mass is 10.1. The number of nitrogen functional groups attached to an aromatic ring is 1. The summed E-state index contributed by atoms with van der Waals surface area (Å²) in [4.78, 5) is 10.6. The summed E-state index contributed by atoms with van der Waals surface area (Å²) in [6.45, 7) is -0.726. The molecule has 7 heteroatoms. The number of aromatic carboxylic acids is 1. The molecule has 1 rings (SSSR count). The largest absolute Gasteiger partial charge is 0.478 e. The van der Waals surface area contributed by atoms with E-state index in [9.17, 15) is 9.18 Å². The van der Waals surface area contributed by atoms with Crippen molar-refractivity contribution in [2.24, 2.45) is 0 Å². The second kappa shape index (κ2) is 5.46. The zero-order chi connectivity index (χ0) is 13.0. The third-order valence-electron chi connectivity index (χ3n) is 2.17. The highest BCUT2D eigenvalue weighted by molar-refractivity contribution is 5.90. The molecule has 0 atom stereocenters. The first-order valence-electron chi connectivity index (χ1n) is 4.80. The van der Waals surface area contributed by atoms with Gasteiger partial charge < -0.3 is 26.4 Å². The van der Waals surface area contributed by atoms with Gasteiger partial charge in [0, 0.05) is 0 Å². The molecule has 1 aromatic rings. The average Bonchev–Trinajstić information content (AvgIpc) is 2.29. The van der Waals surface area contributed by atoms with E-state index in [-0.39, 0.29) is 24.6 Å². The Morgan fingerprint density at radius 1 is 1.41 bits per heavy atom. The van der Waals surface area contributed by atoms with Crippen molar-refractivity contribution in [3.05, 3.63) is 23.5 Å². The molecule has 0 bridgehead atoms. The molecule has 0 unspecified atom stereocenters. The van der Waals surface area contributed by atoms with Crippen molar-refractivity contribution in [3.63, 3.8) is 0 Å². The number of aliphatic hydroxyl groups excluding tert-OH is 2. The number of nitrogens with two attached hydrogens (primary N) is 1. The predicted octanol–water partition coefficient (Wildman–Crippen LogP) is -0.129. The van der Waals surface area contributed by atoms with Gasteiger partial charge >= 0.3 is 5.97 Å². The molecule has 6 N–H and O–H groups in total. The fourth-order valence-electron chi connectivity index (χ4n) is 1.25. The van der Waals surface area contributed by atoms with Crippen LogP contribution in [0.4, 0.5) is 15.8 Å². The van der Waals surface area contributed by atoms with Gasteiger partial charge in [0.25, 0.3) is 0 Å². The first-order valence-corrected chi connectivity index (χ1v) is 4.80. The molecule has 0 fully saturated rings. The van der Waals surface area contributed by atoms with Crippen LogP contribution in [0.2, 0.25) is 0 Å². The fourth-order valence-corrected chi connectivity index (χ4v) is 1.25. The van der Waals surface area contributed by atoms with Crippen LogP contribution in [0.1, 0.15) is 10.4 Å².